The summed E-state index contributed by atoms with van der Waals surface area (Å²) in [6.07, 6.45) is -11.7. The molecule has 8 bridgehead atoms. The van der Waals surface area contributed by atoms with E-state index in [1.165, 1.54) is 20.8 Å². The molecule has 11 saturated carbocycles. The number of esters is 4. The molecule has 11 rings (SSSR count). The Morgan fingerprint density at radius 2 is 0.628 bits per heavy atom. The second-order valence-corrected chi connectivity index (χ2v) is 35.4. The molecule has 1 N–H and O–H groups in total. The van der Waals surface area contributed by atoms with Crippen LogP contribution in [0.3, 0.4) is 0 Å². The van der Waals surface area contributed by atoms with Crippen LogP contribution in [-0.2, 0) is 47.6 Å². The maximum Gasteiger partial charge on any atom is 0.426 e. The first kappa shape index (κ1) is 105. The number of carbonyl (C=O) groups is 4. The van der Waals surface area contributed by atoms with E-state index in [4.69, 9.17) is 14.2 Å². The smallest absolute Gasteiger partial charge is 0.426 e. The zero-order valence-corrected chi connectivity index (χ0v) is 63.9. The van der Waals surface area contributed by atoms with Crippen molar-refractivity contribution in [2.45, 2.75) is 324 Å². The summed E-state index contributed by atoms with van der Waals surface area (Å²) in [5.41, 5.74) is -55.6. The molecule has 0 saturated heterocycles. The predicted octanol–water partition coefficient (Wildman–Crippen LogP) is 21.1. The number of halogens is 43. The fourth-order valence-corrected chi connectivity index (χ4v) is 15.7. The van der Waals surface area contributed by atoms with Crippen LogP contribution in [0, 0.1) is 39.4 Å². The molecular weight excluding hydrogens is 1800 g/mol. The van der Waals surface area contributed by atoms with E-state index in [2.05, 4.69) is 14.2 Å². The van der Waals surface area contributed by atoms with Gasteiger partial charge in [0.05, 0.1) is 40.5 Å². The van der Waals surface area contributed by atoms with Crippen LogP contribution in [0.2, 0.25) is 0 Å². The molecule has 0 aliphatic heterocycles. The molecule has 0 aromatic carbocycles. The third kappa shape index (κ3) is 13.4. The maximum absolute atomic E-state index is 15.2. The molecular formula is C67H73F43O11. The van der Waals surface area contributed by atoms with E-state index in [1.54, 1.807) is 20.8 Å². The van der Waals surface area contributed by atoms with Crippen LogP contribution in [0.4, 0.5) is 189 Å². The van der Waals surface area contributed by atoms with Crippen molar-refractivity contribution >= 4 is 23.9 Å². The Morgan fingerprint density at radius 1 is 0.339 bits per heavy atom. The topological polar surface area (TPSA) is 144 Å². The van der Waals surface area contributed by atoms with E-state index in [1.807, 2.05) is 0 Å². The summed E-state index contributed by atoms with van der Waals surface area (Å²) < 4.78 is 626. The molecule has 54 heteroatoms. The second kappa shape index (κ2) is 28.9. The fraction of sp³-hybridized carbons (Fsp3) is 0.940. The largest absolute Gasteiger partial charge is 0.463 e. The van der Waals surface area contributed by atoms with Crippen LogP contribution in [0.15, 0.2) is 0 Å². The Kier molecular flexibility index (Phi) is 24.9. The summed E-state index contributed by atoms with van der Waals surface area (Å²) in [6.45, 7) is 5.88. The number of hydrogen-bond acceptors (Lipinski definition) is 11. The van der Waals surface area contributed by atoms with Crippen molar-refractivity contribution in [3.8, 4) is 0 Å². The van der Waals surface area contributed by atoms with E-state index >= 15 is 4.39 Å². The number of ether oxygens (including phenoxy) is 6. The van der Waals surface area contributed by atoms with Gasteiger partial charge in [-0.05, 0) is 146 Å². The lowest BCUT2D eigenvalue weighted by molar-refractivity contribution is -0.619. The van der Waals surface area contributed by atoms with Gasteiger partial charge in [0.2, 0.25) is 0 Å². The van der Waals surface area contributed by atoms with Crippen molar-refractivity contribution < 1.29 is 241 Å². The first-order valence-electron chi connectivity index (χ1n) is 35.2. The van der Waals surface area contributed by atoms with Crippen molar-refractivity contribution in [3.05, 3.63) is 0 Å². The van der Waals surface area contributed by atoms with Crippen molar-refractivity contribution in [2.75, 3.05) is 26.4 Å². The highest BCUT2D eigenvalue weighted by Gasteiger charge is 3.23. The molecule has 11 aliphatic rings. The van der Waals surface area contributed by atoms with Crippen molar-refractivity contribution in [1.82, 2.24) is 0 Å². The standard InChI is InChI=1S/C22H25F11O3.C17H13F15O3.C16H24F6O3.C12H11F11O2/c1-14(2,3)13(34)36-16-7-11-4-12(8-16)6-15(5-11,9-16)35-10-17(23)18(24,25)20(28,29)22(32,33)21(30,31)19(17,26)27;1-7(2,3)6(33)34-4-5-35-11-15(27,28)8(18)12(21,22)9(19,16(11,29)30)14(25,26)10(20,13(8,23)24)17(11,31)32;1-13(2,3)12(23)25-11(10-7-5-4-6-8-10)9-14(24,15(17,18)19)16(20,21)22;1-6(2,3)5(24)25-4-7(13)8(14,15)10(18,19)12(22,23)11(20,21)9(7,16)17/h11-12H,4-10H2,1-3H3;4-5H2,1-3H3;10-11,24H,4-9H2,1-3H3;4H2,1-3H3. The van der Waals surface area contributed by atoms with Crippen LogP contribution in [0.25, 0.3) is 0 Å². The molecule has 3 atom stereocenters. The van der Waals surface area contributed by atoms with Crippen molar-refractivity contribution in [3.63, 3.8) is 0 Å². The van der Waals surface area contributed by atoms with Gasteiger partial charge in [-0.2, -0.15) is 167 Å². The molecule has 0 radical (unpaired) electrons. The monoisotopic (exact) mass is 1870 g/mol. The lowest BCUT2D eigenvalue weighted by Crippen LogP contribution is -3.10. The van der Waals surface area contributed by atoms with Gasteiger partial charge in [-0.25, -0.2) is 22.0 Å². The predicted molar refractivity (Wildman–Crippen MR) is 317 cm³/mol. The normalized spacial score (nSPS) is 34.4. The minimum absolute atomic E-state index is 0.0471. The van der Waals surface area contributed by atoms with Gasteiger partial charge in [-0.3, -0.25) is 19.2 Å². The third-order valence-electron chi connectivity index (χ3n) is 22.6. The summed E-state index contributed by atoms with van der Waals surface area (Å²) >= 11 is 0. The van der Waals surface area contributed by atoms with Gasteiger partial charge in [-0.1, -0.05) is 19.3 Å². The Morgan fingerprint density at radius 3 is 0.934 bits per heavy atom. The average molecular weight is 1870 g/mol. The molecule has 11 aliphatic carbocycles. The Balaban J connectivity index is 0.000000254. The van der Waals surface area contributed by atoms with Crippen LogP contribution in [0.5, 0.6) is 0 Å². The molecule has 0 heterocycles. The molecule has 0 aromatic heterocycles. The van der Waals surface area contributed by atoms with Crippen LogP contribution < -0.4 is 0 Å². The van der Waals surface area contributed by atoms with Gasteiger partial charge < -0.3 is 33.5 Å². The van der Waals surface area contributed by atoms with Gasteiger partial charge >= 0.3 is 148 Å². The first-order chi connectivity index (χ1) is 52.8. The van der Waals surface area contributed by atoms with Crippen LogP contribution in [-0.4, -0.2) is 219 Å². The van der Waals surface area contributed by atoms with Gasteiger partial charge in [0, 0.05) is 12.8 Å². The fourth-order valence-electron chi connectivity index (χ4n) is 15.7. The van der Waals surface area contributed by atoms with E-state index in [0.29, 0.717) is 44.9 Å². The molecule has 121 heavy (non-hydrogen) atoms. The highest BCUT2D eigenvalue weighted by molar-refractivity contribution is 5.77. The van der Waals surface area contributed by atoms with E-state index in [0.717, 1.165) is 48.0 Å². The Bertz CT molecular complexity index is 3670. The molecule has 0 spiro atoms. The quantitative estimate of drug-likeness (QED) is 0.0768. The van der Waals surface area contributed by atoms with Gasteiger partial charge in [0.1, 0.15) is 24.9 Å². The van der Waals surface area contributed by atoms with Crippen LogP contribution in [0.1, 0.15) is 160 Å². The number of rotatable bonds is 14. The summed E-state index contributed by atoms with van der Waals surface area (Å²) in [4.78, 5) is 47.5. The number of alkyl halides is 43. The highest BCUT2D eigenvalue weighted by Crippen LogP contribution is 2.89. The zero-order chi connectivity index (χ0) is 95.7. The summed E-state index contributed by atoms with van der Waals surface area (Å²) in [7, 11) is 0. The molecule has 0 amide bonds. The zero-order valence-electron chi connectivity index (χ0n) is 63.9. The van der Waals surface area contributed by atoms with Gasteiger partial charge in [0.15, 0.2) is 0 Å². The molecule has 3 unspecified atom stereocenters. The first-order valence-corrected chi connectivity index (χ1v) is 35.2. The lowest BCUT2D eigenvalue weighted by atomic mass is 9.40. The van der Waals surface area contributed by atoms with Gasteiger partial charge in [-0.15, -0.1) is 0 Å². The molecule has 0 aromatic rings. The Hall–Kier alpha value is -5.25. The highest BCUT2D eigenvalue weighted by atomic mass is 19.4. The van der Waals surface area contributed by atoms with Gasteiger partial charge in [0.25, 0.3) is 22.5 Å². The number of hydrogen-bond donors (Lipinski definition) is 1. The number of aliphatic hydroxyl groups is 1. The van der Waals surface area contributed by atoms with Crippen molar-refractivity contribution in [1.29, 1.82) is 0 Å². The molecule has 11 fully saturated rings. The second-order valence-electron chi connectivity index (χ2n) is 35.4. The lowest BCUT2D eigenvalue weighted by Gasteiger charge is -2.74. The summed E-state index contributed by atoms with van der Waals surface area (Å²) in [6, 6.07) is 0. The minimum Gasteiger partial charge on any atom is -0.463 e. The SMILES string of the molecule is CC(C)(C)C(=O)OC(CC(O)(C(F)(F)F)C(F)(F)F)C1CCCCC1.CC(C)(C)C(=O)OC12CC3CC(CC(OCC4(F)C(F)(F)C(F)(F)C(F)(F)C(F)(F)C4(F)F)(C3)C1)C2.CC(C)(C)C(=O)OCC1(F)C(F)(F)C(F)(F)C(F)(F)C(F)(F)C1(F)F.CC(C)(C)C(=O)OCCOC12C(F)(F)C3(F)C(F)(F)C(F)(C(F)(F)C(F)(C3(F)F)C1(F)F)C2(F)F. The van der Waals surface area contributed by atoms with E-state index in [-0.39, 0.29) is 31.1 Å². The van der Waals surface area contributed by atoms with E-state index in [9.17, 15) is 209 Å². The number of carbonyl (C=O) groups excluding carboxylic acids is 4. The summed E-state index contributed by atoms with van der Waals surface area (Å²) in [5.74, 6) is -123. The maximum atomic E-state index is 15.2. The average Bonchev–Trinajstić information content (AvgIpc) is 0.585. The van der Waals surface area contributed by atoms with Crippen molar-refractivity contribution in [2.24, 2.45) is 39.4 Å². The Labute approximate surface area is 654 Å². The summed E-state index contributed by atoms with van der Waals surface area (Å²) in [5, 5.41) is 9.46. The molecule has 11 nitrogen and oxygen atoms in total. The van der Waals surface area contributed by atoms with Crippen LogP contribution >= 0.6 is 0 Å². The molecule has 708 valence electrons. The third-order valence-corrected chi connectivity index (χ3v) is 22.6. The minimum atomic E-state index is -7.86. The van der Waals surface area contributed by atoms with E-state index < -0.39 is 248 Å².